The summed E-state index contributed by atoms with van der Waals surface area (Å²) in [6.07, 6.45) is 4.07. The van der Waals surface area contributed by atoms with Gasteiger partial charge in [0.05, 0.1) is 29.2 Å². The molecule has 1 heterocycles. The lowest BCUT2D eigenvalue weighted by atomic mass is 9.85. The normalized spacial score (nSPS) is 14.5. The van der Waals surface area contributed by atoms with E-state index in [-0.39, 0.29) is 71.7 Å². The lowest BCUT2D eigenvalue weighted by Crippen LogP contribution is -2.29. The number of rotatable bonds is 12. The minimum atomic E-state index is -4.04. The molecule has 42 heavy (non-hydrogen) atoms. The number of nitrogens with one attached hydrogen (secondary N) is 1. The van der Waals surface area contributed by atoms with Gasteiger partial charge < -0.3 is 24.6 Å². The van der Waals surface area contributed by atoms with Crippen LogP contribution in [0.3, 0.4) is 0 Å². The Kier molecular flexibility index (Phi) is 10.4. The molecule has 4 rings (SSSR count). The summed E-state index contributed by atoms with van der Waals surface area (Å²) in [6, 6.07) is 12.8. The molecule has 4 N–H and O–H groups in total. The highest BCUT2D eigenvalue weighted by molar-refractivity contribution is 7.92. The second-order valence-corrected chi connectivity index (χ2v) is 12.1. The first-order chi connectivity index (χ1) is 20.2. The molecule has 0 aliphatic heterocycles. The van der Waals surface area contributed by atoms with Crippen molar-refractivity contribution in [3.05, 3.63) is 81.4 Å². The number of hydrogen-bond acceptors (Lipinski definition) is 9. The Bertz CT molecular complexity index is 1560. The number of ketones is 1. The Labute approximate surface area is 245 Å². The standard InChI is InChI=1S/C31H38N2O8S/c1-2-8-25(28-30(37)29-26(36)13-4-3-5-14-27(29)41-31(28)38)21-9-6-10-22(19-21)32-42(39,40)24-12-7-11-23(20-24)33(15-17-34)16-18-35/h6-7,9-12,19-20,25,32,34-35,37H,2-5,8,13-18H2,1H3. The molecule has 0 saturated heterocycles. The Balaban J connectivity index is 1.69. The highest BCUT2D eigenvalue weighted by Gasteiger charge is 2.30. The molecule has 1 aliphatic carbocycles. The van der Waals surface area contributed by atoms with Crippen molar-refractivity contribution in [2.75, 3.05) is 35.9 Å². The summed E-state index contributed by atoms with van der Waals surface area (Å²) in [5.74, 6) is -0.998. The topological polar surface area (TPSA) is 157 Å². The van der Waals surface area contributed by atoms with Gasteiger partial charge in [0, 0.05) is 43.2 Å². The van der Waals surface area contributed by atoms with E-state index in [0.29, 0.717) is 36.9 Å². The fourth-order valence-corrected chi connectivity index (χ4v) is 6.57. The van der Waals surface area contributed by atoms with Gasteiger partial charge in [0.25, 0.3) is 10.0 Å². The number of benzene rings is 2. The molecule has 1 aliphatic rings. The molecular formula is C31H38N2O8S. The van der Waals surface area contributed by atoms with Crippen LogP contribution in [0.2, 0.25) is 0 Å². The number of sulfonamides is 1. The van der Waals surface area contributed by atoms with Crippen molar-refractivity contribution in [3.8, 4) is 5.75 Å². The van der Waals surface area contributed by atoms with Gasteiger partial charge in [-0.2, -0.15) is 0 Å². The van der Waals surface area contributed by atoms with Gasteiger partial charge in [0.2, 0.25) is 0 Å². The van der Waals surface area contributed by atoms with Crippen molar-refractivity contribution in [2.45, 2.75) is 62.7 Å². The first kappa shape index (κ1) is 31.3. The van der Waals surface area contributed by atoms with E-state index in [2.05, 4.69) is 4.72 Å². The predicted octanol–water partition coefficient (Wildman–Crippen LogP) is 4.17. The molecule has 0 spiro atoms. The van der Waals surface area contributed by atoms with Crippen LogP contribution in [0.4, 0.5) is 11.4 Å². The second kappa shape index (κ2) is 14.0. The Morgan fingerprint density at radius 2 is 1.69 bits per heavy atom. The molecule has 1 aromatic heterocycles. The summed E-state index contributed by atoms with van der Waals surface area (Å²) in [6.45, 7) is 2.07. The molecule has 0 bridgehead atoms. The quantitative estimate of drug-likeness (QED) is 0.240. The largest absolute Gasteiger partial charge is 0.506 e. The van der Waals surface area contributed by atoms with Crippen molar-refractivity contribution in [1.29, 1.82) is 0 Å². The fourth-order valence-electron chi connectivity index (χ4n) is 5.48. The maximum absolute atomic E-state index is 13.4. The molecule has 3 aromatic rings. The average molecular weight is 599 g/mol. The van der Waals surface area contributed by atoms with E-state index < -0.39 is 21.6 Å². The lowest BCUT2D eigenvalue weighted by molar-refractivity contribution is 0.0968. The molecule has 226 valence electrons. The van der Waals surface area contributed by atoms with Crippen LogP contribution in [-0.2, 0) is 16.4 Å². The van der Waals surface area contributed by atoms with Crippen LogP contribution in [0.15, 0.2) is 62.6 Å². The van der Waals surface area contributed by atoms with E-state index in [4.69, 9.17) is 4.42 Å². The molecule has 10 nitrogen and oxygen atoms in total. The van der Waals surface area contributed by atoms with Gasteiger partial charge in [0.15, 0.2) is 5.78 Å². The van der Waals surface area contributed by atoms with E-state index in [0.717, 1.165) is 12.8 Å². The maximum Gasteiger partial charge on any atom is 0.343 e. The SMILES string of the molecule is CCCC(c1cccc(NS(=O)(=O)c2cccc(N(CCO)CCO)c2)c1)c1c(O)c2c(oc1=O)CCCCCC2=O. The third-order valence-corrected chi connectivity index (χ3v) is 8.87. The molecule has 1 atom stereocenters. The van der Waals surface area contributed by atoms with Crippen molar-refractivity contribution < 1.29 is 32.9 Å². The lowest BCUT2D eigenvalue weighted by Gasteiger charge is -2.23. The van der Waals surface area contributed by atoms with E-state index >= 15 is 0 Å². The molecule has 0 radical (unpaired) electrons. The number of carbonyl (C=O) groups is 1. The van der Waals surface area contributed by atoms with Crippen molar-refractivity contribution in [3.63, 3.8) is 0 Å². The molecule has 0 fully saturated rings. The fraction of sp³-hybridized carbons (Fsp3) is 0.419. The summed E-state index contributed by atoms with van der Waals surface area (Å²) >= 11 is 0. The molecule has 1 unspecified atom stereocenters. The molecule has 0 saturated carbocycles. The van der Waals surface area contributed by atoms with Crippen molar-refractivity contribution >= 4 is 27.2 Å². The van der Waals surface area contributed by atoms with Crippen LogP contribution in [0.25, 0.3) is 0 Å². The summed E-state index contributed by atoms with van der Waals surface area (Å²) in [7, 11) is -4.04. The Hall–Kier alpha value is -3.67. The monoisotopic (exact) mass is 598 g/mol. The zero-order valence-electron chi connectivity index (χ0n) is 23.7. The van der Waals surface area contributed by atoms with E-state index in [1.807, 2.05) is 6.92 Å². The van der Waals surface area contributed by atoms with Gasteiger partial charge in [-0.3, -0.25) is 9.52 Å². The third kappa shape index (κ3) is 7.03. The number of aryl methyl sites for hydroxylation is 1. The highest BCUT2D eigenvalue weighted by Crippen LogP contribution is 2.38. The molecule has 11 heteroatoms. The number of nitrogens with zero attached hydrogens (tertiary/aromatic N) is 1. The summed E-state index contributed by atoms with van der Waals surface area (Å²) in [5.41, 5.74) is 0.768. The number of fused-ring (bicyclic) bond motifs is 1. The van der Waals surface area contributed by atoms with Gasteiger partial charge in [-0.25, -0.2) is 13.2 Å². The van der Waals surface area contributed by atoms with Crippen LogP contribution in [0.5, 0.6) is 5.75 Å². The molecule has 0 amide bonds. The van der Waals surface area contributed by atoms with Crippen LogP contribution in [-0.4, -0.2) is 55.8 Å². The zero-order chi connectivity index (χ0) is 30.3. The van der Waals surface area contributed by atoms with Gasteiger partial charge >= 0.3 is 5.63 Å². The van der Waals surface area contributed by atoms with E-state index in [1.54, 1.807) is 41.3 Å². The predicted molar refractivity (Wildman–Crippen MR) is 160 cm³/mol. The minimum absolute atomic E-state index is 0.00471. The zero-order valence-corrected chi connectivity index (χ0v) is 24.5. The van der Waals surface area contributed by atoms with Gasteiger partial charge in [-0.1, -0.05) is 38.0 Å². The Morgan fingerprint density at radius 1 is 0.976 bits per heavy atom. The summed E-state index contributed by atoms with van der Waals surface area (Å²) in [5, 5.41) is 30.0. The van der Waals surface area contributed by atoms with Crippen LogP contribution >= 0.6 is 0 Å². The maximum atomic E-state index is 13.4. The van der Waals surface area contributed by atoms with E-state index in [9.17, 15) is 33.3 Å². The van der Waals surface area contributed by atoms with Gasteiger partial charge in [0.1, 0.15) is 11.5 Å². The van der Waals surface area contributed by atoms with E-state index in [1.165, 1.54) is 12.1 Å². The van der Waals surface area contributed by atoms with Crippen LogP contribution in [0, 0.1) is 0 Å². The molecular weight excluding hydrogens is 560 g/mol. The highest BCUT2D eigenvalue weighted by atomic mass is 32.2. The van der Waals surface area contributed by atoms with Crippen LogP contribution < -0.4 is 15.2 Å². The first-order valence-corrected chi connectivity index (χ1v) is 15.8. The second-order valence-electron chi connectivity index (χ2n) is 10.4. The number of anilines is 2. The van der Waals surface area contributed by atoms with Crippen LogP contribution in [0.1, 0.15) is 78.6 Å². The number of Topliss-reactive ketones (excluding diaryl/α,β-unsaturated/α-hetero) is 1. The number of carbonyl (C=O) groups excluding carboxylic acids is 1. The number of aliphatic hydroxyl groups is 2. The minimum Gasteiger partial charge on any atom is -0.506 e. The van der Waals surface area contributed by atoms with Gasteiger partial charge in [-0.15, -0.1) is 0 Å². The molecule has 2 aromatic carbocycles. The smallest absolute Gasteiger partial charge is 0.343 e. The average Bonchev–Trinajstić information content (AvgIpc) is 2.95. The van der Waals surface area contributed by atoms with Crippen molar-refractivity contribution in [1.82, 2.24) is 0 Å². The summed E-state index contributed by atoms with van der Waals surface area (Å²) < 4.78 is 34.9. The van der Waals surface area contributed by atoms with Crippen molar-refractivity contribution in [2.24, 2.45) is 0 Å². The van der Waals surface area contributed by atoms with Gasteiger partial charge in [-0.05, 0) is 55.2 Å². The number of aromatic hydroxyl groups is 1. The number of aliphatic hydroxyl groups excluding tert-OH is 2. The Morgan fingerprint density at radius 3 is 2.40 bits per heavy atom. The third-order valence-electron chi connectivity index (χ3n) is 7.49. The summed E-state index contributed by atoms with van der Waals surface area (Å²) in [4.78, 5) is 27.8. The number of hydrogen-bond donors (Lipinski definition) is 4. The first-order valence-electron chi connectivity index (χ1n) is 14.3.